The molecule has 0 heterocycles. The van der Waals surface area contributed by atoms with Crippen LogP contribution in [-0.2, 0) is 14.8 Å². The molecule has 1 aliphatic rings. The molecule has 0 unspecified atom stereocenters. The molecule has 1 amide bonds. The van der Waals surface area contributed by atoms with Crippen LogP contribution in [0.5, 0.6) is 0 Å². The molecule has 0 bridgehead atoms. The molecule has 1 saturated carbocycles. The highest BCUT2D eigenvalue weighted by atomic mass is 32.2. The quantitative estimate of drug-likeness (QED) is 0.406. The first kappa shape index (κ1) is 22.3. The third kappa shape index (κ3) is 6.00. The summed E-state index contributed by atoms with van der Waals surface area (Å²) in [5.74, 6) is 0.562. The fraction of sp³-hybridized carbons (Fsp3) is 0.632. The van der Waals surface area contributed by atoms with Crippen LogP contribution in [0.25, 0.3) is 0 Å². The van der Waals surface area contributed by atoms with E-state index in [-0.39, 0.29) is 40.9 Å². The average molecular weight is 412 g/mol. The van der Waals surface area contributed by atoms with Gasteiger partial charge in [0.05, 0.1) is 9.82 Å². The maximum Gasteiger partial charge on any atom is 0.270 e. The van der Waals surface area contributed by atoms with Gasteiger partial charge < -0.3 is 5.32 Å². The van der Waals surface area contributed by atoms with Crippen molar-refractivity contribution in [3.05, 3.63) is 34.4 Å². The summed E-state index contributed by atoms with van der Waals surface area (Å²) in [7, 11) is -3.87. The molecule has 1 fully saturated rings. The van der Waals surface area contributed by atoms with Crippen LogP contribution in [0.1, 0.15) is 46.5 Å². The van der Waals surface area contributed by atoms with E-state index in [9.17, 15) is 23.3 Å². The van der Waals surface area contributed by atoms with Gasteiger partial charge in [-0.15, -0.1) is 0 Å². The molecule has 9 heteroatoms. The number of nitro benzene ring substituents is 1. The summed E-state index contributed by atoms with van der Waals surface area (Å²) < 4.78 is 26.8. The zero-order valence-electron chi connectivity index (χ0n) is 16.6. The maximum atomic E-state index is 12.3. The molecule has 0 saturated heterocycles. The Morgan fingerprint density at radius 1 is 1.18 bits per heavy atom. The molecule has 1 aliphatic carbocycles. The van der Waals surface area contributed by atoms with Gasteiger partial charge in [0.1, 0.15) is 0 Å². The van der Waals surface area contributed by atoms with Crippen LogP contribution in [0.15, 0.2) is 29.2 Å². The molecule has 0 spiro atoms. The lowest BCUT2D eigenvalue weighted by Crippen LogP contribution is -2.39. The van der Waals surface area contributed by atoms with Gasteiger partial charge in [0.15, 0.2) is 0 Å². The van der Waals surface area contributed by atoms with Crippen LogP contribution < -0.4 is 10.0 Å². The molecule has 0 aromatic heterocycles. The van der Waals surface area contributed by atoms with Crippen LogP contribution in [0.4, 0.5) is 5.69 Å². The Labute approximate surface area is 166 Å². The molecule has 1 aromatic carbocycles. The van der Waals surface area contributed by atoms with Gasteiger partial charge in [0, 0.05) is 31.1 Å². The summed E-state index contributed by atoms with van der Waals surface area (Å²) >= 11 is 0. The Morgan fingerprint density at radius 3 is 2.39 bits per heavy atom. The fourth-order valence-electron chi connectivity index (χ4n) is 3.58. The van der Waals surface area contributed by atoms with Crippen LogP contribution >= 0.6 is 0 Å². The Bertz CT molecular complexity index is 809. The summed E-state index contributed by atoms with van der Waals surface area (Å²) in [6.45, 7) is 6.88. The first-order chi connectivity index (χ1) is 13.0. The van der Waals surface area contributed by atoms with Crippen LogP contribution in [0, 0.1) is 27.4 Å². The second-order valence-corrected chi connectivity index (χ2v) is 10.1. The second-order valence-electron chi connectivity index (χ2n) is 8.36. The van der Waals surface area contributed by atoms with Gasteiger partial charge in [-0.2, -0.15) is 0 Å². The van der Waals surface area contributed by atoms with Gasteiger partial charge in [-0.05, 0) is 43.1 Å². The highest BCUT2D eigenvalue weighted by Gasteiger charge is 2.32. The lowest BCUT2D eigenvalue weighted by Gasteiger charge is -2.36. The Kier molecular flexibility index (Phi) is 7.16. The largest absolute Gasteiger partial charge is 0.355 e. The van der Waals surface area contributed by atoms with E-state index in [4.69, 9.17) is 0 Å². The van der Waals surface area contributed by atoms with Crippen LogP contribution in [0.3, 0.4) is 0 Å². The SMILES string of the molecule is CC(C)(C)C1CCC(C(=O)NCCNS(=O)(=O)c2cccc([N+](=O)[O-])c2)CC1. The number of carbonyl (C=O) groups is 1. The van der Waals surface area contributed by atoms with Crippen LogP contribution in [-0.4, -0.2) is 32.3 Å². The zero-order chi connectivity index (χ0) is 20.9. The number of carbonyl (C=O) groups excluding carboxylic acids is 1. The number of amides is 1. The summed E-state index contributed by atoms with van der Waals surface area (Å²) in [6.07, 6.45) is 3.77. The summed E-state index contributed by atoms with van der Waals surface area (Å²) in [4.78, 5) is 22.3. The molecule has 1 aromatic rings. The molecule has 8 nitrogen and oxygen atoms in total. The number of nitrogens with zero attached hydrogens (tertiary/aromatic N) is 1. The van der Waals surface area contributed by atoms with Crippen molar-refractivity contribution in [3.8, 4) is 0 Å². The number of sulfonamides is 1. The van der Waals surface area contributed by atoms with Crippen molar-refractivity contribution >= 4 is 21.6 Å². The lowest BCUT2D eigenvalue weighted by molar-refractivity contribution is -0.385. The van der Waals surface area contributed by atoms with Crippen molar-refractivity contribution in [2.45, 2.75) is 51.3 Å². The molecule has 0 radical (unpaired) electrons. The Morgan fingerprint density at radius 2 is 1.82 bits per heavy atom. The van der Waals surface area contributed by atoms with Gasteiger partial charge in [0.2, 0.25) is 15.9 Å². The lowest BCUT2D eigenvalue weighted by atomic mass is 9.70. The Balaban J connectivity index is 1.78. The smallest absolute Gasteiger partial charge is 0.270 e. The van der Waals surface area contributed by atoms with E-state index in [1.807, 2.05) is 0 Å². The Hall–Kier alpha value is -2.00. The second kappa shape index (κ2) is 9.00. The number of hydrogen-bond donors (Lipinski definition) is 2. The standard InChI is InChI=1S/C19H29N3O5S/c1-19(2,3)15-9-7-14(8-10-15)18(23)20-11-12-21-28(26,27)17-6-4-5-16(13-17)22(24)25/h4-6,13-15,21H,7-12H2,1-3H3,(H,20,23). The maximum absolute atomic E-state index is 12.3. The topological polar surface area (TPSA) is 118 Å². The number of benzene rings is 1. The van der Waals surface area contributed by atoms with E-state index in [0.717, 1.165) is 31.7 Å². The van der Waals surface area contributed by atoms with E-state index in [1.165, 1.54) is 18.2 Å². The van der Waals surface area contributed by atoms with Gasteiger partial charge in [-0.25, -0.2) is 13.1 Å². The molecular weight excluding hydrogens is 382 g/mol. The predicted molar refractivity (Wildman–Crippen MR) is 106 cm³/mol. The minimum atomic E-state index is -3.87. The summed E-state index contributed by atoms with van der Waals surface area (Å²) in [5.41, 5.74) is -0.0336. The van der Waals surface area contributed by atoms with Crippen molar-refractivity contribution in [3.63, 3.8) is 0 Å². The van der Waals surface area contributed by atoms with Crippen molar-refractivity contribution in [1.82, 2.24) is 10.0 Å². The van der Waals surface area contributed by atoms with Gasteiger partial charge in [-0.3, -0.25) is 14.9 Å². The first-order valence-electron chi connectivity index (χ1n) is 9.52. The molecule has 156 valence electrons. The fourth-order valence-corrected chi connectivity index (χ4v) is 4.66. The van der Waals surface area contributed by atoms with E-state index in [2.05, 4.69) is 30.8 Å². The molecule has 0 atom stereocenters. The number of non-ortho nitro benzene ring substituents is 1. The van der Waals surface area contributed by atoms with Crippen molar-refractivity contribution in [2.75, 3.05) is 13.1 Å². The van der Waals surface area contributed by atoms with Gasteiger partial charge >= 0.3 is 0 Å². The molecule has 2 rings (SSSR count). The molecule has 2 N–H and O–H groups in total. The highest BCUT2D eigenvalue weighted by molar-refractivity contribution is 7.89. The monoisotopic (exact) mass is 411 g/mol. The number of hydrogen-bond acceptors (Lipinski definition) is 5. The van der Waals surface area contributed by atoms with Crippen molar-refractivity contribution in [2.24, 2.45) is 17.3 Å². The normalized spacial score (nSPS) is 20.5. The summed E-state index contributed by atoms with van der Waals surface area (Å²) in [6, 6.07) is 4.85. The van der Waals surface area contributed by atoms with Gasteiger partial charge in [0.25, 0.3) is 5.69 Å². The average Bonchev–Trinajstić information content (AvgIpc) is 2.64. The van der Waals surface area contributed by atoms with E-state index >= 15 is 0 Å². The minimum absolute atomic E-state index is 0.0213. The number of rotatable bonds is 7. The van der Waals surface area contributed by atoms with E-state index < -0.39 is 14.9 Å². The van der Waals surface area contributed by atoms with Gasteiger partial charge in [-0.1, -0.05) is 26.8 Å². The van der Waals surface area contributed by atoms with E-state index in [0.29, 0.717) is 5.92 Å². The zero-order valence-corrected chi connectivity index (χ0v) is 17.4. The highest BCUT2D eigenvalue weighted by Crippen LogP contribution is 2.39. The molecular formula is C19H29N3O5S. The number of nitrogens with one attached hydrogen (secondary N) is 2. The molecule has 0 aliphatic heterocycles. The number of nitro groups is 1. The molecule has 28 heavy (non-hydrogen) atoms. The first-order valence-corrected chi connectivity index (χ1v) is 11.0. The van der Waals surface area contributed by atoms with E-state index in [1.54, 1.807) is 0 Å². The third-order valence-corrected chi connectivity index (χ3v) is 6.84. The minimum Gasteiger partial charge on any atom is -0.355 e. The van der Waals surface area contributed by atoms with Crippen molar-refractivity contribution in [1.29, 1.82) is 0 Å². The summed E-state index contributed by atoms with van der Waals surface area (Å²) in [5, 5.41) is 13.6. The van der Waals surface area contributed by atoms with Crippen molar-refractivity contribution < 1.29 is 18.1 Å². The van der Waals surface area contributed by atoms with Crippen LogP contribution in [0.2, 0.25) is 0 Å². The third-order valence-electron chi connectivity index (χ3n) is 5.38. The predicted octanol–water partition coefficient (Wildman–Crippen LogP) is 2.84.